The standard InChI is InChI=1S/C14H15BrClNS/c1-17(7-6-13-3-2-8-18-13)12-5-4-11(10-16)14(15)9-12/h2-5,8-9H,6-7,10H2,1H3. The van der Waals surface area contributed by atoms with Crippen molar-refractivity contribution in [3.8, 4) is 0 Å². The minimum atomic E-state index is 0.541. The number of nitrogens with zero attached hydrogens (tertiary/aromatic N) is 1. The quantitative estimate of drug-likeness (QED) is 0.695. The maximum Gasteiger partial charge on any atom is 0.0485 e. The molecule has 0 saturated heterocycles. The van der Waals surface area contributed by atoms with Crippen molar-refractivity contribution >= 4 is 44.6 Å². The van der Waals surface area contributed by atoms with Crippen LogP contribution in [0, 0.1) is 0 Å². The van der Waals surface area contributed by atoms with Gasteiger partial charge in [-0.05, 0) is 35.6 Å². The zero-order valence-electron chi connectivity index (χ0n) is 10.2. The van der Waals surface area contributed by atoms with Gasteiger partial charge < -0.3 is 4.90 Å². The van der Waals surface area contributed by atoms with Gasteiger partial charge in [-0.25, -0.2) is 0 Å². The van der Waals surface area contributed by atoms with Crippen molar-refractivity contribution in [1.82, 2.24) is 0 Å². The first-order valence-electron chi connectivity index (χ1n) is 5.78. The monoisotopic (exact) mass is 343 g/mol. The lowest BCUT2D eigenvalue weighted by Gasteiger charge is -2.19. The molecule has 0 saturated carbocycles. The molecule has 0 aliphatic heterocycles. The predicted molar refractivity (Wildman–Crippen MR) is 85.0 cm³/mol. The molecule has 0 amide bonds. The van der Waals surface area contributed by atoms with Crippen LogP contribution in [-0.4, -0.2) is 13.6 Å². The molecular formula is C14H15BrClNS. The normalized spacial score (nSPS) is 10.6. The molecular weight excluding hydrogens is 330 g/mol. The number of anilines is 1. The fraction of sp³-hybridized carbons (Fsp3) is 0.286. The van der Waals surface area contributed by atoms with Crippen LogP contribution in [0.15, 0.2) is 40.2 Å². The van der Waals surface area contributed by atoms with E-state index < -0.39 is 0 Å². The van der Waals surface area contributed by atoms with Crippen LogP contribution in [0.2, 0.25) is 0 Å². The minimum absolute atomic E-state index is 0.541. The Kier molecular flexibility index (Phi) is 5.10. The zero-order valence-corrected chi connectivity index (χ0v) is 13.4. The molecule has 96 valence electrons. The average Bonchev–Trinajstić information content (AvgIpc) is 2.89. The lowest BCUT2D eigenvalue weighted by atomic mass is 10.2. The van der Waals surface area contributed by atoms with E-state index in [-0.39, 0.29) is 0 Å². The lowest BCUT2D eigenvalue weighted by Crippen LogP contribution is -2.19. The molecule has 0 aliphatic rings. The maximum atomic E-state index is 5.85. The van der Waals surface area contributed by atoms with E-state index in [0.717, 1.165) is 23.0 Å². The van der Waals surface area contributed by atoms with Gasteiger partial charge in [0.25, 0.3) is 0 Å². The molecule has 0 N–H and O–H groups in total. The van der Waals surface area contributed by atoms with Gasteiger partial charge in [-0.1, -0.05) is 28.1 Å². The Balaban J connectivity index is 2.00. The highest BCUT2D eigenvalue weighted by Gasteiger charge is 2.05. The number of hydrogen-bond acceptors (Lipinski definition) is 2. The van der Waals surface area contributed by atoms with Crippen LogP contribution < -0.4 is 4.90 Å². The van der Waals surface area contributed by atoms with Crippen molar-refractivity contribution in [2.45, 2.75) is 12.3 Å². The molecule has 0 fully saturated rings. The van der Waals surface area contributed by atoms with Crippen molar-refractivity contribution in [2.24, 2.45) is 0 Å². The van der Waals surface area contributed by atoms with Gasteiger partial charge in [0.05, 0.1) is 0 Å². The second-order valence-corrected chi connectivity index (χ2v) is 6.31. The summed E-state index contributed by atoms with van der Waals surface area (Å²) in [5, 5.41) is 2.13. The molecule has 0 aliphatic carbocycles. The smallest absolute Gasteiger partial charge is 0.0485 e. The molecule has 1 aromatic heterocycles. The molecule has 0 spiro atoms. The van der Waals surface area contributed by atoms with Crippen molar-refractivity contribution in [2.75, 3.05) is 18.5 Å². The number of rotatable bonds is 5. The summed E-state index contributed by atoms with van der Waals surface area (Å²) in [6, 6.07) is 10.6. The highest BCUT2D eigenvalue weighted by Crippen LogP contribution is 2.25. The van der Waals surface area contributed by atoms with Crippen molar-refractivity contribution in [3.63, 3.8) is 0 Å². The van der Waals surface area contributed by atoms with Gasteiger partial charge in [-0.3, -0.25) is 0 Å². The van der Waals surface area contributed by atoms with Gasteiger partial charge >= 0.3 is 0 Å². The second kappa shape index (κ2) is 6.60. The van der Waals surface area contributed by atoms with Crippen LogP contribution in [0.25, 0.3) is 0 Å². The Bertz CT molecular complexity index is 499. The molecule has 18 heavy (non-hydrogen) atoms. The number of thiophene rings is 1. The number of halogens is 2. The molecule has 2 aromatic rings. The highest BCUT2D eigenvalue weighted by molar-refractivity contribution is 9.10. The molecule has 4 heteroatoms. The van der Waals surface area contributed by atoms with Crippen LogP contribution >= 0.6 is 38.9 Å². The Hall–Kier alpha value is -0.510. The Morgan fingerprint density at radius 2 is 2.17 bits per heavy atom. The average molecular weight is 345 g/mol. The van der Waals surface area contributed by atoms with E-state index in [2.05, 4.69) is 63.6 Å². The van der Waals surface area contributed by atoms with E-state index in [1.54, 1.807) is 0 Å². The van der Waals surface area contributed by atoms with E-state index in [4.69, 9.17) is 11.6 Å². The molecule has 0 atom stereocenters. The molecule has 1 heterocycles. The fourth-order valence-corrected chi connectivity index (χ4v) is 3.34. The van der Waals surface area contributed by atoms with Gasteiger partial charge in [0.1, 0.15) is 0 Å². The van der Waals surface area contributed by atoms with E-state index in [1.165, 1.54) is 10.6 Å². The summed E-state index contributed by atoms with van der Waals surface area (Å²) in [6.07, 6.45) is 1.09. The highest BCUT2D eigenvalue weighted by atomic mass is 79.9. The van der Waals surface area contributed by atoms with Gasteiger partial charge in [-0.2, -0.15) is 0 Å². The van der Waals surface area contributed by atoms with Crippen LogP contribution in [0.4, 0.5) is 5.69 Å². The number of benzene rings is 1. The summed E-state index contributed by atoms with van der Waals surface area (Å²) in [6.45, 7) is 1.02. The third-order valence-corrected chi connectivity index (χ3v) is 4.86. The van der Waals surface area contributed by atoms with Gasteiger partial charge in [0.15, 0.2) is 0 Å². The summed E-state index contributed by atoms with van der Waals surface area (Å²) in [7, 11) is 2.12. The van der Waals surface area contributed by atoms with Crippen molar-refractivity contribution in [3.05, 3.63) is 50.6 Å². The van der Waals surface area contributed by atoms with Crippen molar-refractivity contribution < 1.29 is 0 Å². The van der Waals surface area contributed by atoms with Gasteiger partial charge in [0, 0.05) is 34.5 Å². The lowest BCUT2D eigenvalue weighted by molar-refractivity contribution is 0.886. The van der Waals surface area contributed by atoms with Gasteiger partial charge in [-0.15, -0.1) is 22.9 Å². The predicted octanol–water partition coefficient (Wildman–Crippen LogP) is 4.93. The molecule has 0 unspecified atom stereocenters. The van der Waals surface area contributed by atoms with Crippen molar-refractivity contribution in [1.29, 1.82) is 0 Å². The molecule has 0 bridgehead atoms. The van der Waals surface area contributed by atoms with E-state index in [9.17, 15) is 0 Å². The Morgan fingerprint density at radius 3 is 2.78 bits per heavy atom. The first kappa shape index (κ1) is 13.9. The minimum Gasteiger partial charge on any atom is -0.374 e. The van der Waals surface area contributed by atoms with E-state index in [1.807, 2.05) is 11.3 Å². The number of likely N-dealkylation sites (N-methyl/N-ethyl adjacent to an activating group) is 1. The topological polar surface area (TPSA) is 3.24 Å². The SMILES string of the molecule is CN(CCc1cccs1)c1ccc(CCl)c(Br)c1. The summed E-state index contributed by atoms with van der Waals surface area (Å²) in [5.41, 5.74) is 2.35. The van der Waals surface area contributed by atoms with Crippen LogP contribution in [-0.2, 0) is 12.3 Å². The van der Waals surface area contributed by atoms with Crippen LogP contribution in [0.5, 0.6) is 0 Å². The first-order chi connectivity index (χ1) is 8.70. The molecule has 0 radical (unpaired) electrons. The fourth-order valence-electron chi connectivity index (χ4n) is 1.74. The molecule has 1 aromatic carbocycles. The zero-order chi connectivity index (χ0) is 13.0. The van der Waals surface area contributed by atoms with Crippen LogP contribution in [0.3, 0.4) is 0 Å². The molecule has 2 rings (SSSR count). The summed E-state index contributed by atoms with van der Waals surface area (Å²) in [4.78, 5) is 3.70. The van der Waals surface area contributed by atoms with E-state index >= 15 is 0 Å². The summed E-state index contributed by atoms with van der Waals surface area (Å²) < 4.78 is 1.08. The Morgan fingerprint density at radius 1 is 1.33 bits per heavy atom. The van der Waals surface area contributed by atoms with E-state index in [0.29, 0.717) is 5.88 Å². The van der Waals surface area contributed by atoms with Gasteiger partial charge in [0.2, 0.25) is 0 Å². The van der Waals surface area contributed by atoms with Crippen LogP contribution in [0.1, 0.15) is 10.4 Å². The maximum absolute atomic E-state index is 5.85. The molecule has 1 nitrogen and oxygen atoms in total. The Labute approximate surface area is 126 Å². The first-order valence-corrected chi connectivity index (χ1v) is 7.99. The third kappa shape index (κ3) is 3.50. The second-order valence-electron chi connectivity index (χ2n) is 4.16. The third-order valence-electron chi connectivity index (χ3n) is 2.90. The largest absolute Gasteiger partial charge is 0.374 e. The number of hydrogen-bond donors (Lipinski definition) is 0. The number of alkyl halides is 1. The summed E-state index contributed by atoms with van der Waals surface area (Å²) >= 11 is 11.2. The summed E-state index contributed by atoms with van der Waals surface area (Å²) in [5.74, 6) is 0.541.